The van der Waals surface area contributed by atoms with Crippen LogP contribution < -0.4 is 14.2 Å². The lowest BCUT2D eigenvalue weighted by Gasteiger charge is -2.12. The predicted molar refractivity (Wildman–Crippen MR) is 184 cm³/mol. The molecule has 0 unspecified atom stereocenters. The maximum Gasteiger partial charge on any atom is 0.513 e. The Morgan fingerprint density at radius 1 is 0.643 bits per heavy atom. The standard InChI is InChI=1S/C28H22I4O10/c1-15(33)41-19-5-3-16(4-6-19)7-8-40-28(36)42-25-22(31)13-18(14-23(25)32)27(35)39-10-9-38-26(34)17-11-20(29)24(37-2)21(30)12-17/h3-6,11-14H,7-10H2,1-2H3. The Balaban J connectivity index is 1.46. The average Bonchev–Trinajstić information content (AvgIpc) is 2.93. The van der Waals surface area contributed by atoms with Gasteiger partial charge in [-0.15, -0.1) is 0 Å². The van der Waals surface area contributed by atoms with Crippen molar-refractivity contribution < 1.29 is 47.6 Å². The van der Waals surface area contributed by atoms with Gasteiger partial charge in [-0.3, -0.25) is 4.79 Å². The maximum absolute atomic E-state index is 12.6. The third kappa shape index (κ3) is 10.4. The lowest BCUT2D eigenvalue weighted by Crippen LogP contribution is -2.16. The van der Waals surface area contributed by atoms with Crippen molar-refractivity contribution in [1.82, 2.24) is 0 Å². The number of hydrogen-bond donors (Lipinski definition) is 0. The van der Waals surface area contributed by atoms with E-state index in [0.717, 1.165) is 12.7 Å². The van der Waals surface area contributed by atoms with Crippen LogP contribution in [0.15, 0.2) is 48.5 Å². The minimum absolute atomic E-state index is 0.0742. The highest BCUT2D eigenvalue weighted by Crippen LogP contribution is 2.30. The minimum atomic E-state index is -0.888. The molecule has 3 aromatic carbocycles. The van der Waals surface area contributed by atoms with Gasteiger partial charge in [0.2, 0.25) is 0 Å². The minimum Gasteiger partial charge on any atom is -0.495 e. The Labute approximate surface area is 296 Å². The van der Waals surface area contributed by atoms with Gasteiger partial charge < -0.3 is 28.4 Å². The topological polar surface area (TPSA) is 124 Å². The van der Waals surface area contributed by atoms with E-state index in [2.05, 4.69) is 45.2 Å². The number of halogens is 4. The molecule has 0 heterocycles. The average molecular weight is 1030 g/mol. The van der Waals surface area contributed by atoms with Gasteiger partial charge >= 0.3 is 24.1 Å². The first kappa shape index (κ1) is 34.5. The number of hydrogen-bond acceptors (Lipinski definition) is 10. The van der Waals surface area contributed by atoms with Gasteiger partial charge in [-0.05, 0) is 132 Å². The Morgan fingerprint density at radius 3 is 1.57 bits per heavy atom. The van der Waals surface area contributed by atoms with Gasteiger partial charge in [-0.25, -0.2) is 14.4 Å². The summed E-state index contributed by atoms with van der Waals surface area (Å²) in [6.07, 6.45) is -0.455. The monoisotopic (exact) mass is 1030 g/mol. The lowest BCUT2D eigenvalue weighted by molar-refractivity contribution is -0.131. The van der Waals surface area contributed by atoms with Crippen LogP contribution in [0, 0.1) is 14.3 Å². The van der Waals surface area contributed by atoms with Crippen LogP contribution in [0.5, 0.6) is 17.2 Å². The molecular weight excluding hydrogens is 1000 g/mol. The molecule has 3 rings (SSSR count). The van der Waals surface area contributed by atoms with Crippen LogP contribution in [0.1, 0.15) is 33.2 Å². The van der Waals surface area contributed by atoms with Crippen molar-refractivity contribution in [3.63, 3.8) is 0 Å². The van der Waals surface area contributed by atoms with Crippen molar-refractivity contribution in [2.75, 3.05) is 26.9 Å². The zero-order valence-electron chi connectivity index (χ0n) is 22.0. The van der Waals surface area contributed by atoms with Gasteiger partial charge in [0.05, 0.1) is 39.1 Å². The van der Waals surface area contributed by atoms with E-state index in [1.165, 1.54) is 19.1 Å². The van der Waals surface area contributed by atoms with Crippen LogP contribution in [0.25, 0.3) is 0 Å². The molecule has 0 amide bonds. The molecule has 0 fully saturated rings. The summed E-state index contributed by atoms with van der Waals surface area (Å²) < 4.78 is 33.8. The second kappa shape index (κ2) is 16.8. The van der Waals surface area contributed by atoms with E-state index in [-0.39, 0.29) is 31.1 Å². The molecule has 14 heteroatoms. The van der Waals surface area contributed by atoms with Crippen molar-refractivity contribution >= 4 is 114 Å². The third-order valence-electron chi connectivity index (χ3n) is 5.20. The molecule has 0 aliphatic carbocycles. The lowest BCUT2D eigenvalue weighted by atomic mass is 10.1. The highest BCUT2D eigenvalue weighted by Gasteiger charge is 2.19. The van der Waals surface area contributed by atoms with E-state index < -0.39 is 24.1 Å². The highest BCUT2D eigenvalue weighted by atomic mass is 127. The summed E-state index contributed by atoms with van der Waals surface area (Å²) in [7, 11) is 1.56. The molecule has 3 aromatic rings. The molecule has 0 aromatic heterocycles. The fraction of sp³-hybridized carbons (Fsp3) is 0.214. The molecular formula is C28H22I4O10. The van der Waals surface area contributed by atoms with Gasteiger partial charge in [0.15, 0.2) is 5.75 Å². The molecule has 42 heavy (non-hydrogen) atoms. The molecule has 222 valence electrons. The molecule has 0 radical (unpaired) electrons. The van der Waals surface area contributed by atoms with E-state index in [9.17, 15) is 19.2 Å². The number of ether oxygens (including phenoxy) is 6. The first-order valence-electron chi connectivity index (χ1n) is 12.0. The first-order valence-corrected chi connectivity index (χ1v) is 16.3. The van der Waals surface area contributed by atoms with Crippen LogP contribution in [0.3, 0.4) is 0 Å². The van der Waals surface area contributed by atoms with Crippen molar-refractivity contribution in [3.05, 3.63) is 79.5 Å². The largest absolute Gasteiger partial charge is 0.513 e. The second-order valence-electron chi connectivity index (χ2n) is 8.20. The van der Waals surface area contributed by atoms with Crippen LogP contribution in [0.2, 0.25) is 0 Å². The molecule has 0 N–H and O–H groups in total. The number of methoxy groups -OCH3 is 1. The number of rotatable bonds is 11. The zero-order chi connectivity index (χ0) is 30.8. The van der Waals surface area contributed by atoms with E-state index in [0.29, 0.717) is 30.6 Å². The Kier molecular flexibility index (Phi) is 13.8. The summed E-state index contributed by atoms with van der Waals surface area (Å²) >= 11 is 8.04. The Hall–Kier alpha value is -1.94. The van der Waals surface area contributed by atoms with Crippen molar-refractivity contribution in [2.45, 2.75) is 13.3 Å². The summed E-state index contributed by atoms with van der Waals surface area (Å²) in [5.74, 6) is -0.206. The van der Waals surface area contributed by atoms with Gasteiger partial charge in [-0.2, -0.15) is 0 Å². The SMILES string of the molecule is COc1c(I)cc(C(=O)OCCOC(=O)c2cc(I)c(OC(=O)OCCc3ccc(OC(C)=O)cc3)c(I)c2)cc1I. The van der Waals surface area contributed by atoms with Crippen LogP contribution >= 0.6 is 90.4 Å². The van der Waals surface area contributed by atoms with Gasteiger partial charge in [0.1, 0.15) is 24.7 Å². The molecule has 0 atom stereocenters. The fourth-order valence-electron chi connectivity index (χ4n) is 3.34. The van der Waals surface area contributed by atoms with Crippen LogP contribution in [-0.4, -0.2) is 51.0 Å². The quantitative estimate of drug-likeness (QED) is 0.0506. The summed E-state index contributed by atoms with van der Waals surface area (Å²) in [5, 5.41) is 0. The zero-order valence-corrected chi connectivity index (χ0v) is 30.7. The summed E-state index contributed by atoms with van der Waals surface area (Å²) in [6, 6.07) is 13.2. The number of benzene rings is 3. The summed E-state index contributed by atoms with van der Waals surface area (Å²) in [4.78, 5) is 48.2. The van der Waals surface area contributed by atoms with E-state index in [1.807, 2.05) is 45.2 Å². The smallest absolute Gasteiger partial charge is 0.495 e. The number of carbonyl (C=O) groups excluding carboxylic acids is 4. The molecule has 0 saturated carbocycles. The Bertz CT molecular complexity index is 1430. The van der Waals surface area contributed by atoms with Crippen molar-refractivity contribution in [1.29, 1.82) is 0 Å². The first-order chi connectivity index (χ1) is 20.0. The van der Waals surface area contributed by atoms with E-state index in [1.54, 1.807) is 43.5 Å². The number of carbonyl (C=O) groups is 4. The number of esters is 3. The molecule has 0 spiro atoms. The molecule has 10 nitrogen and oxygen atoms in total. The molecule has 0 aliphatic heterocycles. The molecule has 0 aliphatic rings. The molecule has 0 saturated heterocycles. The van der Waals surface area contributed by atoms with Crippen LogP contribution in [0.4, 0.5) is 4.79 Å². The van der Waals surface area contributed by atoms with Gasteiger partial charge in [0, 0.05) is 13.3 Å². The second-order valence-corrected chi connectivity index (χ2v) is 12.9. The van der Waals surface area contributed by atoms with E-state index >= 15 is 0 Å². The van der Waals surface area contributed by atoms with E-state index in [4.69, 9.17) is 28.4 Å². The van der Waals surface area contributed by atoms with Crippen molar-refractivity contribution in [2.24, 2.45) is 0 Å². The predicted octanol–water partition coefficient (Wildman–Crippen LogP) is 6.81. The van der Waals surface area contributed by atoms with Crippen molar-refractivity contribution in [3.8, 4) is 17.2 Å². The normalized spacial score (nSPS) is 10.4. The van der Waals surface area contributed by atoms with Gasteiger partial charge in [0.25, 0.3) is 0 Å². The fourth-order valence-corrected chi connectivity index (χ4v) is 7.54. The molecule has 0 bridgehead atoms. The summed E-state index contributed by atoms with van der Waals surface area (Å²) in [6.45, 7) is 1.13. The highest BCUT2D eigenvalue weighted by molar-refractivity contribution is 14.1. The summed E-state index contributed by atoms with van der Waals surface area (Å²) in [5.41, 5.74) is 1.49. The van der Waals surface area contributed by atoms with Gasteiger partial charge in [-0.1, -0.05) is 12.1 Å². The Morgan fingerprint density at radius 2 is 1.12 bits per heavy atom. The third-order valence-corrected chi connectivity index (χ3v) is 8.41. The van der Waals surface area contributed by atoms with Crippen LogP contribution in [-0.2, 0) is 25.4 Å². The maximum atomic E-state index is 12.6.